The van der Waals surface area contributed by atoms with Gasteiger partial charge in [-0.05, 0) is 67.4 Å². The highest BCUT2D eigenvalue weighted by molar-refractivity contribution is 5.94. The minimum atomic E-state index is -1.47. The Balaban J connectivity index is 2.21. The number of carbonyl (C=O) groups is 8. The molecule has 1 heterocycles. The number of esters is 4. The number of hydrogen-bond acceptors (Lipinski definition) is 12. The molecule has 370 valence electrons. The quantitative estimate of drug-likeness (QED) is 0.199. The molecule has 1 fully saturated rings. The molecule has 16 heteroatoms. The third-order valence-electron chi connectivity index (χ3n) is 11.7. The fourth-order valence-corrected chi connectivity index (χ4v) is 7.90. The number of likely N-dealkylation sites (N-methyl/N-ethyl adjacent to an activating group) is 4. The summed E-state index contributed by atoms with van der Waals surface area (Å²) < 4.78 is 23.5. The van der Waals surface area contributed by atoms with Crippen LogP contribution in [0.5, 0.6) is 0 Å². The Morgan fingerprint density at radius 3 is 1.12 bits per heavy atom. The number of carbonyl (C=O) groups excluding carboxylic acids is 8. The van der Waals surface area contributed by atoms with Crippen LogP contribution in [0.15, 0.2) is 60.7 Å². The molecule has 0 aromatic heterocycles. The van der Waals surface area contributed by atoms with Crippen molar-refractivity contribution < 1.29 is 57.3 Å². The topological polar surface area (TPSA) is 186 Å². The Labute approximate surface area is 397 Å². The fraction of sp³-hybridized carbons (Fsp3) is 0.608. The molecule has 1 saturated heterocycles. The van der Waals surface area contributed by atoms with E-state index in [2.05, 4.69) is 0 Å². The summed E-state index contributed by atoms with van der Waals surface area (Å²) in [5.74, 6) is -7.10. The van der Waals surface area contributed by atoms with Crippen molar-refractivity contribution in [1.82, 2.24) is 19.6 Å². The molecule has 0 radical (unpaired) electrons. The third-order valence-corrected chi connectivity index (χ3v) is 11.7. The number of benzene rings is 2. The summed E-state index contributed by atoms with van der Waals surface area (Å²) in [6.07, 6.45) is -4.07. The first kappa shape index (κ1) is 55.5. The summed E-state index contributed by atoms with van der Waals surface area (Å²) in [5.41, 5.74) is 1.30. The van der Waals surface area contributed by atoms with E-state index in [0.717, 1.165) is 19.6 Å². The van der Waals surface area contributed by atoms with Gasteiger partial charge < -0.3 is 38.5 Å². The average molecular weight is 935 g/mol. The van der Waals surface area contributed by atoms with Crippen LogP contribution >= 0.6 is 0 Å². The molecule has 4 amide bonds. The van der Waals surface area contributed by atoms with E-state index in [-0.39, 0.29) is 62.2 Å². The molecule has 2 aromatic rings. The lowest BCUT2D eigenvalue weighted by molar-refractivity contribution is -0.175. The zero-order valence-electron chi connectivity index (χ0n) is 41.8. The summed E-state index contributed by atoms with van der Waals surface area (Å²) in [7, 11) is 5.55. The number of hydrogen-bond donors (Lipinski definition) is 0. The SMILES string of the molecule is CC(C)CC1C(=O)OC(Cc2ccccc2)C(=O)N(C)C(CC(C)C)C(=O)OC(C)C(=O)N(C)C(CC(C)C)C(=O)OC(Cc2ccccc2)C(=O)N(C)C(CC(C)C)C(=O)OCC(=O)N1C. The Morgan fingerprint density at radius 1 is 0.448 bits per heavy atom. The smallest absolute Gasteiger partial charge is 0.329 e. The molecule has 16 nitrogen and oxygen atoms in total. The summed E-state index contributed by atoms with van der Waals surface area (Å²) in [6.45, 7) is 15.4. The van der Waals surface area contributed by atoms with Crippen LogP contribution in [0, 0.1) is 23.7 Å². The fourth-order valence-electron chi connectivity index (χ4n) is 7.90. The minimum absolute atomic E-state index is 0.0778. The Bertz CT molecular complexity index is 1940. The summed E-state index contributed by atoms with van der Waals surface area (Å²) in [6, 6.07) is 12.8. The number of ether oxygens (including phenoxy) is 4. The van der Waals surface area contributed by atoms with E-state index in [0.29, 0.717) is 11.1 Å². The van der Waals surface area contributed by atoms with Gasteiger partial charge in [0.05, 0.1) is 0 Å². The van der Waals surface area contributed by atoms with Gasteiger partial charge in [-0.15, -0.1) is 0 Å². The van der Waals surface area contributed by atoms with Crippen LogP contribution in [-0.4, -0.2) is 144 Å². The molecule has 7 atom stereocenters. The lowest BCUT2D eigenvalue weighted by atomic mass is 10.00. The maximum atomic E-state index is 14.6. The van der Waals surface area contributed by atoms with Crippen molar-refractivity contribution in [2.45, 2.75) is 143 Å². The van der Waals surface area contributed by atoms with E-state index in [1.54, 1.807) is 60.7 Å². The highest BCUT2D eigenvalue weighted by Gasteiger charge is 2.42. The predicted octanol–water partition coefficient (Wildman–Crippen LogP) is 5.28. The van der Waals surface area contributed by atoms with E-state index in [4.69, 9.17) is 18.9 Å². The molecule has 0 N–H and O–H groups in total. The molecular formula is C51H74N4O12. The van der Waals surface area contributed by atoms with Crippen LogP contribution in [0.1, 0.15) is 99.1 Å². The van der Waals surface area contributed by atoms with Gasteiger partial charge in [0.15, 0.2) is 24.9 Å². The van der Waals surface area contributed by atoms with Crippen LogP contribution in [0.4, 0.5) is 0 Å². The van der Waals surface area contributed by atoms with Gasteiger partial charge in [0.2, 0.25) is 0 Å². The number of amides is 4. The predicted molar refractivity (Wildman–Crippen MR) is 251 cm³/mol. The number of cyclic esters (lactones) is 4. The van der Waals surface area contributed by atoms with Gasteiger partial charge in [-0.25, -0.2) is 19.2 Å². The first-order chi connectivity index (χ1) is 31.4. The van der Waals surface area contributed by atoms with Gasteiger partial charge in [0.1, 0.15) is 24.2 Å². The molecule has 1 aliphatic rings. The van der Waals surface area contributed by atoms with Gasteiger partial charge >= 0.3 is 23.9 Å². The van der Waals surface area contributed by atoms with Crippen molar-refractivity contribution in [3.8, 4) is 0 Å². The molecule has 0 bridgehead atoms. The molecule has 1 aliphatic heterocycles. The largest absolute Gasteiger partial charge is 0.454 e. The van der Waals surface area contributed by atoms with E-state index < -0.39 is 96.6 Å². The normalized spacial score (nSPS) is 24.3. The average Bonchev–Trinajstić information content (AvgIpc) is 3.27. The van der Waals surface area contributed by atoms with Crippen LogP contribution in [-0.2, 0) is 70.1 Å². The van der Waals surface area contributed by atoms with Gasteiger partial charge in [0, 0.05) is 41.0 Å². The summed E-state index contributed by atoms with van der Waals surface area (Å²) in [5, 5.41) is 0. The van der Waals surface area contributed by atoms with Gasteiger partial charge in [-0.3, -0.25) is 19.2 Å². The summed E-state index contributed by atoms with van der Waals surface area (Å²) >= 11 is 0. The Kier molecular flexibility index (Phi) is 21.5. The van der Waals surface area contributed by atoms with Crippen LogP contribution in [0.2, 0.25) is 0 Å². The highest BCUT2D eigenvalue weighted by Crippen LogP contribution is 2.23. The number of nitrogens with zero attached hydrogens (tertiary/aromatic N) is 4. The van der Waals surface area contributed by atoms with E-state index >= 15 is 0 Å². The van der Waals surface area contributed by atoms with Crippen molar-refractivity contribution in [3.05, 3.63) is 71.8 Å². The molecule has 0 aliphatic carbocycles. The van der Waals surface area contributed by atoms with Crippen molar-refractivity contribution in [1.29, 1.82) is 0 Å². The van der Waals surface area contributed by atoms with Crippen molar-refractivity contribution in [3.63, 3.8) is 0 Å². The van der Waals surface area contributed by atoms with Crippen LogP contribution in [0.25, 0.3) is 0 Å². The van der Waals surface area contributed by atoms with Crippen LogP contribution < -0.4 is 0 Å². The zero-order chi connectivity index (χ0) is 50.3. The summed E-state index contributed by atoms with van der Waals surface area (Å²) in [4.78, 5) is 119. The van der Waals surface area contributed by atoms with Gasteiger partial charge in [0.25, 0.3) is 23.6 Å². The highest BCUT2D eigenvalue weighted by atomic mass is 16.6. The lowest BCUT2D eigenvalue weighted by Crippen LogP contribution is -2.54. The standard InChI is InChI=1S/C51H74N4O12/c1-31(2)24-38-48(60)64-30-44(56)52(10)39(25-32(3)4)50(62)66-43(29-37-22-18-15-19-23-37)47(59)55(13)40(26-33(5)6)49(61)65-35(9)45(57)53(11)41(27-34(7)8)51(63)67-42(46(58)54(38)12)28-36-20-16-14-17-21-36/h14-23,31-35,38-43H,24-30H2,1-13H3. The lowest BCUT2D eigenvalue weighted by Gasteiger charge is -2.35. The van der Waals surface area contributed by atoms with Crippen molar-refractivity contribution in [2.24, 2.45) is 23.7 Å². The molecule has 3 rings (SSSR count). The van der Waals surface area contributed by atoms with Gasteiger partial charge in [-0.1, -0.05) is 116 Å². The van der Waals surface area contributed by atoms with E-state index in [9.17, 15) is 38.4 Å². The van der Waals surface area contributed by atoms with Crippen LogP contribution in [0.3, 0.4) is 0 Å². The molecule has 0 saturated carbocycles. The van der Waals surface area contributed by atoms with Crippen molar-refractivity contribution >= 4 is 47.5 Å². The zero-order valence-corrected chi connectivity index (χ0v) is 41.8. The second-order valence-corrected chi connectivity index (χ2v) is 19.4. The molecule has 2 aromatic carbocycles. The van der Waals surface area contributed by atoms with E-state index in [1.807, 2.05) is 55.4 Å². The molecular weight excluding hydrogens is 861 g/mol. The second kappa shape index (κ2) is 25.9. The Hall–Kier alpha value is -5.80. The monoisotopic (exact) mass is 935 g/mol. The Morgan fingerprint density at radius 2 is 0.761 bits per heavy atom. The maximum Gasteiger partial charge on any atom is 0.329 e. The third kappa shape index (κ3) is 16.5. The first-order valence-electron chi connectivity index (χ1n) is 23.3. The first-order valence-corrected chi connectivity index (χ1v) is 23.3. The molecule has 0 spiro atoms. The molecule has 67 heavy (non-hydrogen) atoms. The van der Waals surface area contributed by atoms with Crippen molar-refractivity contribution in [2.75, 3.05) is 34.8 Å². The van der Waals surface area contributed by atoms with Gasteiger partial charge in [-0.2, -0.15) is 0 Å². The second-order valence-electron chi connectivity index (χ2n) is 19.4. The molecule has 7 unspecified atom stereocenters. The maximum absolute atomic E-state index is 14.6. The number of rotatable bonds is 12. The van der Waals surface area contributed by atoms with E-state index in [1.165, 1.54) is 35.1 Å². The minimum Gasteiger partial charge on any atom is -0.454 e.